The van der Waals surface area contributed by atoms with Crippen LogP contribution in [-0.2, 0) is 0 Å². The number of piperazine rings is 1. The average Bonchev–Trinajstić information content (AvgIpc) is 2.55. The minimum Gasteiger partial charge on any atom is -0.389 e. The molecule has 0 unspecified atom stereocenters. The van der Waals surface area contributed by atoms with Gasteiger partial charge in [-0.05, 0) is 25.0 Å². The van der Waals surface area contributed by atoms with Gasteiger partial charge in [0.25, 0.3) is 5.91 Å². The van der Waals surface area contributed by atoms with E-state index >= 15 is 0 Å². The zero-order chi connectivity index (χ0) is 17.2. The molecule has 1 saturated heterocycles. The lowest BCUT2D eigenvalue weighted by Gasteiger charge is -2.41. The first-order valence-electron chi connectivity index (χ1n) is 8.66. The summed E-state index contributed by atoms with van der Waals surface area (Å²) in [5.74, 6) is -1.91. The zero-order valence-electron chi connectivity index (χ0n) is 13.8. The SMILES string of the molecule is O=C(c1ccc(F)cc1F)N1CCN(CC2(O)CCCCC2)CC1. The van der Waals surface area contributed by atoms with Crippen LogP contribution in [0.3, 0.4) is 0 Å². The van der Waals surface area contributed by atoms with Crippen molar-refractivity contribution in [2.45, 2.75) is 37.7 Å². The van der Waals surface area contributed by atoms with Gasteiger partial charge in [-0.25, -0.2) is 8.78 Å². The molecule has 1 aliphatic carbocycles. The van der Waals surface area contributed by atoms with Crippen molar-refractivity contribution >= 4 is 5.91 Å². The second-order valence-corrected chi connectivity index (χ2v) is 6.98. The number of hydrogen-bond acceptors (Lipinski definition) is 3. The van der Waals surface area contributed by atoms with Gasteiger partial charge in [-0.1, -0.05) is 19.3 Å². The Morgan fingerprint density at radius 2 is 1.75 bits per heavy atom. The standard InChI is InChI=1S/C18H24F2N2O2/c19-14-4-5-15(16(20)12-14)17(23)22-10-8-21(9-11-22)13-18(24)6-2-1-3-7-18/h4-5,12,24H,1-3,6-11,13H2. The molecule has 4 nitrogen and oxygen atoms in total. The summed E-state index contributed by atoms with van der Waals surface area (Å²) in [7, 11) is 0. The van der Waals surface area contributed by atoms with Crippen molar-refractivity contribution in [3.8, 4) is 0 Å². The van der Waals surface area contributed by atoms with Gasteiger partial charge in [-0.3, -0.25) is 9.69 Å². The van der Waals surface area contributed by atoms with Crippen LogP contribution in [0, 0.1) is 11.6 Å². The zero-order valence-corrected chi connectivity index (χ0v) is 13.8. The molecule has 0 aromatic heterocycles. The number of amides is 1. The average molecular weight is 338 g/mol. The van der Waals surface area contributed by atoms with Gasteiger partial charge in [-0.15, -0.1) is 0 Å². The molecule has 1 saturated carbocycles. The third kappa shape index (κ3) is 3.92. The van der Waals surface area contributed by atoms with E-state index in [1.54, 1.807) is 4.90 Å². The van der Waals surface area contributed by atoms with Gasteiger partial charge < -0.3 is 10.0 Å². The number of aliphatic hydroxyl groups is 1. The molecule has 1 N–H and O–H groups in total. The maximum atomic E-state index is 13.8. The van der Waals surface area contributed by atoms with Gasteiger partial charge in [0.1, 0.15) is 11.6 Å². The van der Waals surface area contributed by atoms with Crippen molar-refractivity contribution in [1.82, 2.24) is 9.80 Å². The van der Waals surface area contributed by atoms with E-state index in [0.717, 1.165) is 37.8 Å². The minimum atomic E-state index is -0.820. The lowest BCUT2D eigenvalue weighted by Crippen LogP contribution is -2.53. The summed E-state index contributed by atoms with van der Waals surface area (Å²) in [5.41, 5.74) is -0.691. The Balaban J connectivity index is 1.55. The molecule has 3 rings (SSSR count). The van der Waals surface area contributed by atoms with E-state index in [0.29, 0.717) is 32.7 Å². The molecule has 1 heterocycles. The van der Waals surface area contributed by atoms with Crippen LogP contribution >= 0.6 is 0 Å². The molecule has 0 bridgehead atoms. The van der Waals surface area contributed by atoms with Crippen LogP contribution in [0.1, 0.15) is 42.5 Å². The number of β-amino-alcohol motifs (C(OH)–C–C–N with tert-alkyl or cyclic N) is 1. The predicted molar refractivity (Wildman–Crippen MR) is 86.7 cm³/mol. The van der Waals surface area contributed by atoms with Crippen LogP contribution in [-0.4, -0.2) is 59.1 Å². The van der Waals surface area contributed by atoms with Crippen molar-refractivity contribution in [3.63, 3.8) is 0 Å². The smallest absolute Gasteiger partial charge is 0.256 e. The number of benzene rings is 1. The first-order chi connectivity index (χ1) is 11.5. The normalized spacial score (nSPS) is 21.7. The Hall–Kier alpha value is -1.53. The Labute approximate surface area is 141 Å². The maximum absolute atomic E-state index is 13.8. The van der Waals surface area contributed by atoms with Gasteiger partial charge >= 0.3 is 0 Å². The van der Waals surface area contributed by atoms with Crippen LogP contribution in [0.25, 0.3) is 0 Å². The summed E-state index contributed by atoms with van der Waals surface area (Å²) in [6.45, 7) is 2.95. The van der Waals surface area contributed by atoms with Gasteiger partial charge in [0, 0.05) is 38.8 Å². The Morgan fingerprint density at radius 1 is 1.08 bits per heavy atom. The van der Waals surface area contributed by atoms with Crippen molar-refractivity contribution < 1.29 is 18.7 Å². The monoisotopic (exact) mass is 338 g/mol. The highest BCUT2D eigenvalue weighted by atomic mass is 19.1. The molecule has 0 spiro atoms. The van der Waals surface area contributed by atoms with Gasteiger partial charge in [-0.2, -0.15) is 0 Å². The van der Waals surface area contributed by atoms with Gasteiger partial charge in [0.15, 0.2) is 0 Å². The van der Waals surface area contributed by atoms with E-state index in [1.807, 2.05) is 0 Å². The molecular formula is C18H24F2N2O2. The van der Waals surface area contributed by atoms with E-state index in [2.05, 4.69) is 4.90 Å². The van der Waals surface area contributed by atoms with E-state index < -0.39 is 23.1 Å². The van der Waals surface area contributed by atoms with Crippen molar-refractivity contribution in [2.75, 3.05) is 32.7 Å². The van der Waals surface area contributed by atoms with Gasteiger partial charge in [0.2, 0.25) is 0 Å². The molecule has 2 fully saturated rings. The molecule has 132 valence electrons. The lowest BCUT2D eigenvalue weighted by atomic mass is 9.84. The maximum Gasteiger partial charge on any atom is 0.256 e. The Morgan fingerprint density at radius 3 is 2.38 bits per heavy atom. The first-order valence-corrected chi connectivity index (χ1v) is 8.66. The molecule has 24 heavy (non-hydrogen) atoms. The summed E-state index contributed by atoms with van der Waals surface area (Å²) >= 11 is 0. The van der Waals surface area contributed by atoms with Crippen LogP contribution < -0.4 is 0 Å². The third-order valence-corrected chi connectivity index (χ3v) is 5.12. The van der Waals surface area contributed by atoms with Crippen molar-refractivity contribution in [2.24, 2.45) is 0 Å². The number of hydrogen-bond donors (Lipinski definition) is 1. The third-order valence-electron chi connectivity index (χ3n) is 5.12. The minimum absolute atomic E-state index is 0.0873. The summed E-state index contributed by atoms with van der Waals surface area (Å²) < 4.78 is 26.7. The highest BCUT2D eigenvalue weighted by Crippen LogP contribution is 2.29. The fraction of sp³-hybridized carbons (Fsp3) is 0.611. The van der Waals surface area contributed by atoms with E-state index in [-0.39, 0.29) is 5.56 Å². The fourth-order valence-corrected chi connectivity index (χ4v) is 3.73. The molecule has 2 aliphatic rings. The van der Waals surface area contributed by atoms with Crippen LogP contribution in [0.15, 0.2) is 18.2 Å². The fourth-order valence-electron chi connectivity index (χ4n) is 3.73. The van der Waals surface area contributed by atoms with E-state index in [1.165, 1.54) is 12.5 Å². The molecular weight excluding hydrogens is 314 g/mol. The Kier molecular flexibility index (Phi) is 5.15. The number of carbonyl (C=O) groups excluding carboxylic acids is 1. The van der Waals surface area contributed by atoms with E-state index in [9.17, 15) is 18.7 Å². The Bertz CT molecular complexity index is 595. The van der Waals surface area contributed by atoms with Gasteiger partial charge in [0.05, 0.1) is 11.2 Å². The summed E-state index contributed by atoms with van der Waals surface area (Å²) in [6.07, 6.45) is 5.01. The first kappa shape index (κ1) is 17.3. The lowest BCUT2D eigenvalue weighted by molar-refractivity contribution is -0.0339. The number of halogens is 2. The summed E-state index contributed by atoms with van der Waals surface area (Å²) in [4.78, 5) is 16.2. The van der Waals surface area contributed by atoms with Crippen molar-refractivity contribution in [3.05, 3.63) is 35.4 Å². The largest absolute Gasteiger partial charge is 0.389 e. The van der Waals surface area contributed by atoms with Crippen LogP contribution in [0.2, 0.25) is 0 Å². The molecule has 6 heteroatoms. The highest BCUT2D eigenvalue weighted by molar-refractivity contribution is 5.94. The summed E-state index contributed by atoms with van der Waals surface area (Å²) in [6, 6.07) is 3.04. The molecule has 0 radical (unpaired) electrons. The molecule has 1 aromatic rings. The van der Waals surface area contributed by atoms with Crippen LogP contribution in [0.5, 0.6) is 0 Å². The number of rotatable bonds is 3. The molecule has 1 amide bonds. The second kappa shape index (κ2) is 7.15. The highest BCUT2D eigenvalue weighted by Gasteiger charge is 2.33. The number of carbonyl (C=O) groups is 1. The molecule has 0 atom stereocenters. The van der Waals surface area contributed by atoms with Crippen LogP contribution in [0.4, 0.5) is 8.78 Å². The molecule has 1 aliphatic heterocycles. The van der Waals surface area contributed by atoms with Crippen molar-refractivity contribution in [1.29, 1.82) is 0 Å². The topological polar surface area (TPSA) is 43.8 Å². The number of nitrogens with zero attached hydrogens (tertiary/aromatic N) is 2. The van der Waals surface area contributed by atoms with E-state index in [4.69, 9.17) is 0 Å². The second-order valence-electron chi connectivity index (χ2n) is 6.98. The quantitative estimate of drug-likeness (QED) is 0.920. The molecule has 1 aromatic carbocycles. The summed E-state index contributed by atoms with van der Waals surface area (Å²) in [5, 5.41) is 10.6. The predicted octanol–water partition coefficient (Wildman–Crippen LogP) is 2.42.